The lowest BCUT2D eigenvalue weighted by molar-refractivity contribution is 0.197. The van der Waals surface area contributed by atoms with Gasteiger partial charge in [-0.25, -0.2) is 4.98 Å². The summed E-state index contributed by atoms with van der Waals surface area (Å²) in [7, 11) is 5.85. The summed E-state index contributed by atoms with van der Waals surface area (Å²) in [5.74, 6) is 1.85. The highest BCUT2D eigenvalue weighted by molar-refractivity contribution is 5.79. The lowest BCUT2D eigenvalue weighted by Gasteiger charge is -2.33. The van der Waals surface area contributed by atoms with Gasteiger partial charge < -0.3 is 20.4 Å². The predicted octanol–water partition coefficient (Wildman–Crippen LogP) is 1.44. The van der Waals surface area contributed by atoms with Crippen LogP contribution in [-0.2, 0) is 6.54 Å². The zero-order valence-electron chi connectivity index (χ0n) is 15.1. The molecule has 0 aromatic carbocycles. The first-order chi connectivity index (χ1) is 11.7. The molecule has 2 aliphatic rings. The van der Waals surface area contributed by atoms with Crippen molar-refractivity contribution in [2.24, 2.45) is 4.99 Å². The number of pyridine rings is 1. The predicted molar refractivity (Wildman–Crippen MR) is 99.5 cm³/mol. The molecular formula is C18H30N6. The van der Waals surface area contributed by atoms with Crippen LogP contribution in [0.1, 0.15) is 31.4 Å². The Kier molecular flexibility index (Phi) is 5.56. The second kappa shape index (κ2) is 7.83. The first-order valence-corrected chi connectivity index (χ1v) is 9.00. The summed E-state index contributed by atoms with van der Waals surface area (Å²) in [6.07, 6.45) is 5.21. The number of nitrogens with zero attached hydrogens (tertiary/aromatic N) is 4. The third kappa shape index (κ3) is 4.60. The molecule has 1 aliphatic heterocycles. The van der Waals surface area contributed by atoms with E-state index in [-0.39, 0.29) is 0 Å². The molecule has 1 aromatic rings. The number of likely N-dealkylation sites (tertiary alicyclic amines) is 1. The third-order valence-electron chi connectivity index (χ3n) is 4.84. The highest BCUT2D eigenvalue weighted by atomic mass is 15.2. The van der Waals surface area contributed by atoms with Gasteiger partial charge in [0.15, 0.2) is 5.96 Å². The molecule has 2 N–H and O–H groups in total. The Morgan fingerprint density at radius 3 is 2.62 bits per heavy atom. The second-order valence-corrected chi connectivity index (χ2v) is 6.99. The highest BCUT2D eigenvalue weighted by Crippen LogP contribution is 2.29. The molecule has 2 fully saturated rings. The average molecular weight is 330 g/mol. The van der Waals surface area contributed by atoms with Crippen LogP contribution in [0.25, 0.3) is 0 Å². The molecule has 24 heavy (non-hydrogen) atoms. The van der Waals surface area contributed by atoms with Crippen molar-refractivity contribution < 1.29 is 0 Å². The molecular weight excluding hydrogens is 300 g/mol. The number of nitrogens with one attached hydrogen (secondary N) is 2. The van der Waals surface area contributed by atoms with Gasteiger partial charge in [-0.05, 0) is 37.8 Å². The maximum absolute atomic E-state index is 4.64. The largest absolute Gasteiger partial charge is 0.363 e. The van der Waals surface area contributed by atoms with Gasteiger partial charge in [0, 0.05) is 46.3 Å². The van der Waals surface area contributed by atoms with Crippen LogP contribution in [0.3, 0.4) is 0 Å². The maximum atomic E-state index is 4.64. The fourth-order valence-corrected chi connectivity index (χ4v) is 3.23. The molecule has 0 amide bonds. The van der Waals surface area contributed by atoms with E-state index in [4.69, 9.17) is 0 Å². The van der Waals surface area contributed by atoms with Crippen LogP contribution >= 0.6 is 0 Å². The van der Waals surface area contributed by atoms with Crippen LogP contribution in [0, 0.1) is 0 Å². The number of piperidine rings is 1. The number of hydrogen-bond acceptors (Lipinski definition) is 4. The SMILES string of the molecule is CN=C(NCc1cccc(N(C)C)n1)NC1CCN(C2CC2)CC1. The lowest BCUT2D eigenvalue weighted by atomic mass is 10.1. The molecule has 6 heteroatoms. The Hall–Kier alpha value is -1.82. The normalized spacial score (nSPS) is 20.0. The molecule has 0 unspecified atom stereocenters. The second-order valence-electron chi connectivity index (χ2n) is 6.99. The van der Waals surface area contributed by atoms with E-state index in [9.17, 15) is 0 Å². The Balaban J connectivity index is 1.46. The van der Waals surface area contributed by atoms with Gasteiger partial charge in [-0.2, -0.15) is 0 Å². The molecule has 1 aromatic heterocycles. The molecule has 3 rings (SSSR count). The Morgan fingerprint density at radius 1 is 1.25 bits per heavy atom. The standard InChI is InChI=1S/C18H30N6/c1-19-18(20-13-15-5-4-6-17(21-15)23(2)3)22-14-9-11-24(12-10-14)16-7-8-16/h4-6,14,16H,7-13H2,1-3H3,(H2,19,20,22). The number of rotatable bonds is 5. The smallest absolute Gasteiger partial charge is 0.191 e. The van der Waals surface area contributed by atoms with Crippen molar-refractivity contribution in [1.29, 1.82) is 0 Å². The maximum Gasteiger partial charge on any atom is 0.191 e. The zero-order chi connectivity index (χ0) is 16.9. The summed E-state index contributed by atoms with van der Waals surface area (Å²) in [6, 6.07) is 7.51. The van der Waals surface area contributed by atoms with E-state index in [0.29, 0.717) is 12.6 Å². The van der Waals surface area contributed by atoms with Gasteiger partial charge in [0.25, 0.3) is 0 Å². The summed E-state index contributed by atoms with van der Waals surface area (Å²) in [5.41, 5.74) is 1.02. The number of hydrogen-bond donors (Lipinski definition) is 2. The Labute approximate surface area is 145 Å². The summed E-state index contributed by atoms with van der Waals surface area (Å²) in [4.78, 5) is 13.7. The van der Waals surface area contributed by atoms with Gasteiger partial charge in [-0.1, -0.05) is 6.07 Å². The van der Waals surface area contributed by atoms with Crippen LogP contribution in [0.15, 0.2) is 23.2 Å². The van der Waals surface area contributed by atoms with Crippen molar-refractivity contribution in [3.8, 4) is 0 Å². The highest BCUT2D eigenvalue weighted by Gasteiger charge is 2.31. The average Bonchev–Trinajstić information content (AvgIpc) is 3.44. The van der Waals surface area contributed by atoms with Crippen molar-refractivity contribution in [3.63, 3.8) is 0 Å². The van der Waals surface area contributed by atoms with Crippen LogP contribution in [-0.4, -0.2) is 62.2 Å². The van der Waals surface area contributed by atoms with E-state index in [1.54, 1.807) is 0 Å². The molecule has 0 atom stereocenters. The summed E-state index contributed by atoms with van der Waals surface area (Å²) in [6.45, 7) is 3.11. The van der Waals surface area contributed by atoms with E-state index < -0.39 is 0 Å². The molecule has 0 spiro atoms. The van der Waals surface area contributed by atoms with E-state index in [0.717, 1.165) is 23.5 Å². The molecule has 1 aliphatic carbocycles. The number of aromatic nitrogens is 1. The molecule has 0 radical (unpaired) electrons. The summed E-state index contributed by atoms with van der Waals surface area (Å²) in [5, 5.41) is 6.96. The third-order valence-corrected chi connectivity index (χ3v) is 4.84. The van der Waals surface area contributed by atoms with E-state index in [2.05, 4.69) is 25.5 Å². The van der Waals surface area contributed by atoms with Crippen LogP contribution in [0.4, 0.5) is 5.82 Å². The van der Waals surface area contributed by atoms with E-state index >= 15 is 0 Å². The van der Waals surface area contributed by atoms with Crippen molar-refractivity contribution in [1.82, 2.24) is 20.5 Å². The van der Waals surface area contributed by atoms with Crippen molar-refractivity contribution >= 4 is 11.8 Å². The first kappa shape index (κ1) is 17.0. The molecule has 2 heterocycles. The summed E-state index contributed by atoms with van der Waals surface area (Å²) < 4.78 is 0. The van der Waals surface area contributed by atoms with Gasteiger partial charge in [0.1, 0.15) is 5.82 Å². The van der Waals surface area contributed by atoms with Crippen molar-refractivity contribution in [2.45, 2.75) is 44.3 Å². The molecule has 0 bridgehead atoms. The lowest BCUT2D eigenvalue weighted by Crippen LogP contribution is -2.48. The fraction of sp³-hybridized carbons (Fsp3) is 0.667. The van der Waals surface area contributed by atoms with Crippen LogP contribution in [0.5, 0.6) is 0 Å². The van der Waals surface area contributed by atoms with Crippen molar-refractivity contribution in [2.75, 3.05) is 39.1 Å². The molecule has 1 saturated carbocycles. The number of anilines is 1. The van der Waals surface area contributed by atoms with Gasteiger partial charge in [0.2, 0.25) is 0 Å². The first-order valence-electron chi connectivity index (χ1n) is 9.00. The van der Waals surface area contributed by atoms with E-state index in [1.165, 1.54) is 38.8 Å². The van der Waals surface area contributed by atoms with Crippen molar-refractivity contribution in [3.05, 3.63) is 23.9 Å². The van der Waals surface area contributed by atoms with Crippen LogP contribution in [0.2, 0.25) is 0 Å². The minimum atomic E-state index is 0.521. The number of aliphatic imine (C=N–C) groups is 1. The zero-order valence-corrected chi connectivity index (χ0v) is 15.1. The molecule has 132 valence electrons. The minimum absolute atomic E-state index is 0.521. The molecule has 1 saturated heterocycles. The molecule has 6 nitrogen and oxygen atoms in total. The van der Waals surface area contributed by atoms with Gasteiger partial charge in [0.05, 0.1) is 12.2 Å². The van der Waals surface area contributed by atoms with Gasteiger partial charge >= 0.3 is 0 Å². The Bertz CT molecular complexity index is 558. The quantitative estimate of drug-likeness (QED) is 0.632. The minimum Gasteiger partial charge on any atom is -0.363 e. The van der Waals surface area contributed by atoms with Crippen LogP contribution < -0.4 is 15.5 Å². The van der Waals surface area contributed by atoms with E-state index in [1.807, 2.05) is 44.2 Å². The van der Waals surface area contributed by atoms with Gasteiger partial charge in [-0.3, -0.25) is 4.99 Å². The number of guanidine groups is 1. The summed E-state index contributed by atoms with van der Waals surface area (Å²) >= 11 is 0. The Morgan fingerprint density at radius 2 is 2.00 bits per heavy atom. The monoisotopic (exact) mass is 330 g/mol. The topological polar surface area (TPSA) is 55.8 Å². The fourth-order valence-electron chi connectivity index (χ4n) is 3.23. The van der Waals surface area contributed by atoms with Gasteiger partial charge in [-0.15, -0.1) is 0 Å².